The van der Waals surface area contributed by atoms with Crippen molar-refractivity contribution in [1.29, 1.82) is 0 Å². The summed E-state index contributed by atoms with van der Waals surface area (Å²) >= 11 is 0. The Hall–Kier alpha value is -1.31. The minimum atomic E-state index is -3.55. The van der Waals surface area contributed by atoms with Gasteiger partial charge in [0.05, 0.1) is 47.4 Å². The van der Waals surface area contributed by atoms with E-state index in [9.17, 15) is 8.42 Å². The Morgan fingerprint density at radius 3 is 2.35 bits per heavy atom. The van der Waals surface area contributed by atoms with Crippen LogP contribution in [-0.4, -0.2) is 60.2 Å². The summed E-state index contributed by atoms with van der Waals surface area (Å²) in [4.78, 5) is 1.51. The summed E-state index contributed by atoms with van der Waals surface area (Å²) in [6, 6.07) is 4.82. The lowest BCUT2D eigenvalue weighted by molar-refractivity contribution is -0.883. The Labute approximate surface area is 119 Å². The molecule has 0 saturated carbocycles. The lowest BCUT2D eigenvalue weighted by Gasteiger charge is -2.29. The average Bonchev–Trinajstić information content (AvgIpc) is 2.47. The van der Waals surface area contributed by atoms with Gasteiger partial charge in [0.25, 0.3) is 0 Å². The molecule has 0 atom stereocenters. The molecule has 0 spiro atoms. The first kappa shape index (κ1) is 15.1. The second-order valence-electron chi connectivity index (χ2n) is 4.88. The summed E-state index contributed by atoms with van der Waals surface area (Å²) in [7, 11) is 1.50. The Morgan fingerprint density at radius 1 is 1.15 bits per heavy atom. The minimum Gasteiger partial charge on any atom is -0.497 e. The predicted octanol–water partition coefficient (Wildman–Crippen LogP) is -0.777. The van der Waals surface area contributed by atoms with E-state index < -0.39 is 10.0 Å². The van der Waals surface area contributed by atoms with Crippen molar-refractivity contribution in [3.05, 3.63) is 18.2 Å². The molecule has 0 radical (unpaired) electrons. The molecular formula is C13H21N2O4S+. The molecule has 0 aromatic heterocycles. The molecule has 7 heteroatoms. The van der Waals surface area contributed by atoms with Gasteiger partial charge in [-0.05, 0) is 12.1 Å². The Bertz CT molecular complexity index is 566. The van der Waals surface area contributed by atoms with E-state index in [1.54, 1.807) is 12.1 Å². The maximum atomic E-state index is 12.7. The molecule has 2 rings (SSSR count). The van der Waals surface area contributed by atoms with Crippen LogP contribution in [0.15, 0.2) is 23.1 Å². The number of hydrogen-bond acceptors (Lipinski definition) is 4. The molecule has 1 aromatic carbocycles. The number of nitrogens with zero attached hydrogens (tertiary/aromatic N) is 1. The zero-order valence-corrected chi connectivity index (χ0v) is 12.9. The van der Waals surface area contributed by atoms with E-state index in [1.165, 1.54) is 29.5 Å². The zero-order chi connectivity index (χ0) is 14.8. The van der Waals surface area contributed by atoms with E-state index in [0.29, 0.717) is 24.6 Å². The van der Waals surface area contributed by atoms with Gasteiger partial charge in [-0.1, -0.05) is 0 Å². The van der Waals surface area contributed by atoms with Crippen molar-refractivity contribution >= 4 is 10.0 Å². The maximum Gasteiger partial charge on any atom is 0.247 e. The van der Waals surface area contributed by atoms with E-state index >= 15 is 0 Å². The first-order valence-corrected chi connectivity index (χ1v) is 7.96. The van der Waals surface area contributed by atoms with Crippen LogP contribution in [0.1, 0.15) is 0 Å². The van der Waals surface area contributed by atoms with E-state index in [4.69, 9.17) is 9.47 Å². The van der Waals surface area contributed by atoms with Gasteiger partial charge in [0.2, 0.25) is 10.0 Å². The molecule has 1 heterocycles. The van der Waals surface area contributed by atoms with Crippen molar-refractivity contribution in [2.75, 3.05) is 47.4 Å². The molecule has 0 aliphatic carbocycles. The van der Waals surface area contributed by atoms with Crippen molar-refractivity contribution in [1.82, 2.24) is 4.31 Å². The molecule has 1 N–H and O–H groups in total. The zero-order valence-electron chi connectivity index (χ0n) is 12.0. The maximum absolute atomic E-state index is 12.7. The summed E-state index contributed by atoms with van der Waals surface area (Å²) in [6.07, 6.45) is 0. The number of sulfonamides is 1. The van der Waals surface area contributed by atoms with E-state index in [2.05, 4.69) is 7.05 Å². The van der Waals surface area contributed by atoms with Gasteiger partial charge in [0.1, 0.15) is 16.4 Å². The molecule has 1 aliphatic heterocycles. The number of piperazine rings is 1. The molecule has 6 nitrogen and oxygen atoms in total. The third kappa shape index (κ3) is 2.89. The van der Waals surface area contributed by atoms with Crippen LogP contribution < -0.4 is 14.4 Å². The lowest BCUT2D eigenvalue weighted by Crippen LogP contribution is -3.12. The molecular weight excluding hydrogens is 280 g/mol. The van der Waals surface area contributed by atoms with Gasteiger partial charge in [-0.25, -0.2) is 8.42 Å². The average molecular weight is 301 g/mol. The van der Waals surface area contributed by atoms with Gasteiger partial charge in [0.15, 0.2) is 0 Å². The summed E-state index contributed by atoms with van der Waals surface area (Å²) in [5.74, 6) is 0.848. The second-order valence-corrected chi connectivity index (χ2v) is 6.78. The van der Waals surface area contributed by atoms with Crippen molar-refractivity contribution in [2.45, 2.75) is 4.90 Å². The Kier molecular flexibility index (Phi) is 4.52. The topological polar surface area (TPSA) is 60.3 Å². The number of hydrogen-bond donors (Lipinski definition) is 1. The highest BCUT2D eigenvalue weighted by Crippen LogP contribution is 2.30. The van der Waals surface area contributed by atoms with Crippen LogP contribution in [0.5, 0.6) is 11.5 Å². The standard InChI is InChI=1S/C13H20N2O4S/c1-14-6-8-15(9-7-14)20(16,17)13-10-11(18-2)4-5-12(13)19-3/h4-5,10H,6-9H2,1-3H3/p+1. The summed E-state index contributed by atoms with van der Waals surface area (Å²) in [6.45, 7) is 2.67. The van der Waals surface area contributed by atoms with E-state index in [0.717, 1.165) is 13.1 Å². The van der Waals surface area contributed by atoms with Gasteiger partial charge in [-0.2, -0.15) is 4.31 Å². The molecule has 1 saturated heterocycles. The normalized spacial score (nSPS) is 17.9. The number of benzene rings is 1. The van der Waals surface area contributed by atoms with Crippen LogP contribution in [0, 0.1) is 0 Å². The number of rotatable bonds is 4. The Morgan fingerprint density at radius 2 is 1.80 bits per heavy atom. The molecule has 1 aliphatic rings. The number of nitrogens with one attached hydrogen (secondary N) is 1. The van der Waals surface area contributed by atoms with Crippen molar-refractivity contribution in [3.63, 3.8) is 0 Å². The van der Waals surface area contributed by atoms with Crippen LogP contribution in [0.4, 0.5) is 0 Å². The van der Waals surface area contributed by atoms with E-state index in [1.807, 2.05) is 0 Å². The quantitative estimate of drug-likeness (QED) is 0.793. The fourth-order valence-electron chi connectivity index (χ4n) is 2.23. The van der Waals surface area contributed by atoms with Gasteiger partial charge in [0, 0.05) is 6.07 Å². The molecule has 0 bridgehead atoms. The van der Waals surface area contributed by atoms with Crippen LogP contribution in [0.2, 0.25) is 0 Å². The molecule has 0 amide bonds. The van der Waals surface area contributed by atoms with Gasteiger partial charge in [-0.3, -0.25) is 0 Å². The van der Waals surface area contributed by atoms with Gasteiger partial charge < -0.3 is 14.4 Å². The van der Waals surface area contributed by atoms with Crippen molar-refractivity contribution in [3.8, 4) is 11.5 Å². The Balaban J connectivity index is 2.37. The minimum absolute atomic E-state index is 0.166. The van der Waals surface area contributed by atoms with Crippen LogP contribution in [0.25, 0.3) is 0 Å². The molecule has 1 aromatic rings. The fraction of sp³-hybridized carbons (Fsp3) is 0.538. The van der Waals surface area contributed by atoms with Crippen molar-refractivity contribution in [2.24, 2.45) is 0 Å². The largest absolute Gasteiger partial charge is 0.497 e. The number of methoxy groups -OCH3 is 2. The smallest absolute Gasteiger partial charge is 0.247 e. The second kappa shape index (κ2) is 5.99. The first-order valence-electron chi connectivity index (χ1n) is 6.52. The SMILES string of the molecule is COc1ccc(OC)c(S(=O)(=O)N2CC[NH+](C)CC2)c1. The van der Waals surface area contributed by atoms with Gasteiger partial charge >= 0.3 is 0 Å². The number of quaternary nitrogens is 1. The van der Waals surface area contributed by atoms with Crippen LogP contribution in [-0.2, 0) is 10.0 Å². The van der Waals surface area contributed by atoms with E-state index in [-0.39, 0.29) is 4.90 Å². The number of likely N-dealkylation sites (N-methyl/N-ethyl adjacent to an activating group) is 1. The highest BCUT2D eigenvalue weighted by Gasteiger charge is 2.31. The van der Waals surface area contributed by atoms with Crippen molar-refractivity contribution < 1.29 is 22.8 Å². The molecule has 1 fully saturated rings. The third-order valence-corrected chi connectivity index (χ3v) is 5.48. The highest BCUT2D eigenvalue weighted by atomic mass is 32.2. The molecule has 0 unspecified atom stereocenters. The predicted molar refractivity (Wildman–Crippen MR) is 74.9 cm³/mol. The monoisotopic (exact) mass is 301 g/mol. The summed E-state index contributed by atoms with van der Waals surface area (Å²) in [5.41, 5.74) is 0. The van der Waals surface area contributed by atoms with Crippen LogP contribution in [0.3, 0.4) is 0 Å². The summed E-state index contributed by atoms with van der Waals surface area (Å²) in [5, 5.41) is 0. The fourth-order valence-corrected chi connectivity index (χ4v) is 3.85. The van der Waals surface area contributed by atoms with Gasteiger partial charge in [-0.15, -0.1) is 0 Å². The van der Waals surface area contributed by atoms with Crippen LogP contribution >= 0.6 is 0 Å². The first-order chi connectivity index (χ1) is 9.48. The summed E-state index contributed by atoms with van der Waals surface area (Å²) < 4.78 is 37.2. The molecule has 112 valence electrons. The lowest BCUT2D eigenvalue weighted by atomic mass is 10.3. The molecule has 20 heavy (non-hydrogen) atoms. The number of ether oxygens (including phenoxy) is 2. The third-order valence-electron chi connectivity index (χ3n) is 3.56. The highest BCUT2D eigenvalue weighted by molar-refractivity contribution is 7.89.